The highest BCUT2D eigenvalue weighted by atomic mass is 31.2. The van der Waals surface area contributed by atoms with Crippen molar-refractivity contribution in [2.75, 3.05) is 6.16 Å². The smallest absolute Gasteiger partial charge is 0.324 e. The molecule has 0 aliphatic heterocycles. The zero-order valence-electron chi connectivity index (χ0n) is 10.4. The van der Waals surface area contributed by atoms with Gasteiger partial charge in [-0.2, -0.15) is 0 Å². The van der Waals surface area contributed by atoms with E-state index in [4.69, 9.17) is 9.79 Å². The Hall–Kier alpha value is -1.55. The normalized spacial score (nSPS) is 11.8. The molecule has 0 spiro atoms. The summed E-state index contributed by atoms with van der Waals surface area (Å²) in [5.41, 5.74) is 0.141. The second-order valence-electron chi connectivity index (χ2n) is 4.44. The maximum Gasteiger partial charge on any atom is 0.326 e. The minimum atomic E-state index is -4.43. The van der Waals surface area contributed by atoms with E-state index >= 15 is 0 Å². The predicted molar refractivity (Wildman–Crippen MR) is 71.6 cm³/mol. The first kappa shape index (κ1) is 14.9. The Labute approximate surface area is 115 Å². The van der Waals surface area contributed by atoms with E-state index in [2.05, 4.69) is 0 Å². The van der Waals surface area contributed by atoms with Crippen molar-refractivity contribution in [2.24, 2.45) is 0 Å². The van der Waals surface area contributed by atoms with E-state index in [1.54, 1.807) is 12.1 Å². The third-order valence-electron chi connectivity index (χ3n) is 2.98. The summed E-state index contributed by atoms with van der Waals surface area (Å²) in [5.74, 6) is -2.26. The topological polar surface area (TPSA) is 57.5 Å². The lowest BCUT2D eigenvalue weighted by Crippen LogP contribution is -2.11. The third-order valence-corrected chi connectivity index (χ3v) is 3.82. The van der Waals surface area contributed by atoms with E-state index in [9.17, 15) is 13.3 Å². The molecule has 2 aromatic carbocycles. The van der Waals surface area contributed by atoms with Crippen molar-refractivity contribution in [2.45, 2.75) is 5.92 Å². The lowest BCUT2D eigenvalue weighted by molar-refractivity contribution is 0.370. The fraction of sp³-hybridized carbons (Fsp3) is 0.143. The minimum absolute atomic E-state index is 0.0703. The molecule has 0 unspecified atom stereocenters. The van der Waals surface area contributed by atoms with Crippen molar-refractivity contribution < 1.29 is 23.1 Å². The lowest BCUT2D eigenvalue weighted by atomic mass is 9.92. The SMILES string of the molecule is O=P(O)(O)CC(c1ccccc1F)c1ccccc1F. The maximum atomic E-state index is 13.9. The predicted octanol–water partition coefficient (Wildman–Crippen LogP) is 3.27. The summed E-state index contributed by atoms with van der Waals surface area (Å²) in [7, 11) is -4.43. The van der Waals surface area contributed by atoms with Crippen molar-refractivity contribution in [1.82, 2.24) is 0 Å². The highest BCUT2D eigenvalue weighted by Gasteiger charge is 2.28. The summed E-state index contributed by atoms with van der Waals surface area (Å²) in [4.78, 5) is 18.3. The Balaban J connectivity index is 2.54. The van der Waals surface area contributed by atoms with Gasteiger partial charge in [-0.1, -0.05) is 36.4 Å². The van der Waals surface area contributed by atoms with Crippen LogP contribution in [0, 0.1) is 11.6 Å². The third kappa shape index (κ3) is 3.51. The molecule has 0 atom stereocenters. The molecule has 3 nitrogen and oxygen atoms in total. The van der Waals surface area contributed by atoms with E-state index in [1.807, 2.05) is 0 Å². The lowest BCUT2D eigenvalue weighted by Gasteiger charge is -2.19. The van der Waals surface area contributed by atoms with Crippen LogP contribution in [0.1, 0.15) is 17.0 Å². The highest BCUT2D eigenvalue weighted by molar-refractivity contribution is 7.51. The quantitative estimate of drug-likeness (QED) is 0.852. The Kier molecular flexibility index (Phi) is 4.33. The van der Waals surface area contributed by atoms with Gasteiger partial charge in [0, 0.05) is 5.92 Å². The number of hydrogen-bond acceptors (Lipinski definition) is 1. The molecular weight excluding hydrogens is 285 g/mol. The van der Waals surface area contributed by atoms with E-state index < -0.39 is 31.3 Å². The van der Waals surface area contributed by atoms with Crippen LogP contribution in [0.15, 0.2) is 48.5 Å². The molecule has 0 amide bonds. The van der Waals surface area contributed by atoms with Gasteiger partial charge in [-0.3, -0.25) is 4.57 Å². The standard InChI is InChI=1S/C14H13F2O3P/c15-13-7-3-1-5-10(13)12(9-20(17,18)19)11-6-2-4-8-14(11)16/h1-8,12H,9H2,(H2,17,18,19). The Morgan fingerprint density at radius 2 is 1.30 bits per heavy atom. The van der Waals surface area contributed by atoms with Gasteiger partial charge in [0.25, 0.3) is 0 Å². The van der Waals surface area contributed by atoms with Crippen LogP contribution in [0.25, 0.3) is 0 Å². The monoisotopic (exact) mass is 298 g/mol. The van der Waals surface area contributed by atoms with Crippen LogP contribution in [-0.4, -0.2) is 15.9 Å². The van der Waals surface area contributed by atoms with Crippen LogP contribution >= 0.6 is 7.60 Å². The first-order valence-electron chi connectivity index (χ1n) is 5.92. The maximum absolute atomic E-state index is 13.9. The fourth-order valence-corrected chi connectivity index (χ4v) is 2.99. The van der Waals surface area contributed by atoms with Gasteiger partial charge >= 0.3 is 7.60 Å². The largest absolute Gasteiger partial charge is 0.326 e. The summed E-state index contributed by atoms with van der Waals surface area (Å²) in [6.07, 6.45) is -0.644. The second kappa shape index (κ2) is 5.83. The molecule has 2 rings (SSSR count). The van der Waals surface area contributed by atoms with E-state index in [0.29, 0.717) is 0 Å². The summed E-state index contributed by atoms with van der Waals surface area (Å²) >= 11 is 0. The van der Waals surface area contributed by atoms with Crippen molar-refractivity contribution in [3.63, 3.8) is 0 Å². The molecule has 0 radical (unpaired) electrons. The molecule has 2 N–H and O–H groups in total. The molecule has 2 aromatic rings. The molecular formula is C14H13F2O3P. The van der Waals surface area contributed by atoms with Crippen molar-refractivity contribution in [3.05, 3.63) is 71.3 Å². The van der Waals surface area contributed by atoms with Gasteiger partial charge in [-0.25, -0.2) is 8.78 Å². The minimum Gasteiger partial charge on any atom is -0.324 e. The van der Waals surface area contributed by atoms with Gasteiger partial charge in [0.2, 0.25) is 0 Å². The van der Waals surface area contributed by atoms with Gasteiger partial charge < -0.3 is 9.79 Å². The summed E-state index contributed by atoms with van der Waals surface area (Å²) in [6, 6.07) is 11.2. The van der Waals surface area contributed by atoms with Crippen LogP contribution in [0.4, 0.5) is 8.78 Å². The summed E-state index contributed by atoms with van der Waals surface area (Å²) < 4.78 is 39.0. The van der Waals surface area contributed by atoms with E-state index in [0.717, 1.165) is 0 Å². The molecule has 0 aliphatic carbocycles. The zero-order valence-corrected chi connectivity index (χ0v) is 11.3. The molecule has 0 aliphatic rings. The fourth-order valence-electron chi connectivity index (χ4n) is 2.12. The van der Waals surface area contributed by atoms with Crippen LogP contribution in [-0.2, 0) is 4.57 Å². The number of benzene rings is 2. The van der Waals surface area contributed by atoms with Gasteiger partial charge in [0.15, 0.2) is 0 Å². The van der Waals surface area contributed by atoms with Gasteiger partial charge in [0.1, 0.15) is 11.6 Å². The molecule has 0 saturated carbocycles. The highest BCUT2D eigenvalue weighted by Crippen LogP contribution is 2.43. The molecule has 106 valence electrons. The Bertz CT molecular complexity index is 609. The average molecular weight is 298 g/mol. The van der Waals surface area contributed by atoms with Crippen LogP contribution in [0.2, 0.25) is 0 Å². The van der Waals surface area contributed by atoms with Crippen LogP contribution in [0.5, 0.6) is 0 Å². The summed E-state index contributed by atoms with van der Waals surface area (Å²) in [6.45, 7) is 0. The van der Waals surface area contributed by atoms with Gasteiger partial charge in [0.05, 0.1) is 6.16 Å². The zero-order chi connectivity index (χ0) is 14.8. The van der Waals surface area contributed by atoms with Crippen molar-refractivity contribution in [1.29, 1.82) is 0 Å². The molecule has 0 aromatic heterocycles. The molecule has 6 heteroatoms. The van der Waals surface area contributed by atoms with Crippen LogP contribution in [0.3, 0.4) is 0 Å². The van der Waals surface area contributed by atoms with Crippen molar-refractivity contribution in [3.8, 4) is 0 Å². The molecule has 0 heterocycles. The van der Waals surface area contributed by atoms with Gasteiger partial charge in [-0.05, 0) is 23.3 Å². The first-order chi connectivity index (χ1) is 9.38. The Morgan fingerprint density at radius 1 is 0.900 bits per heavy atom. The van der Waals surface area contributed by atoms with Gasteiger partial charge in [-0.15, -0.1) is 0 Å². The molecule has 0 bridgehead atoms. The molecule has 0 saturated heterocycles. The molecule has 0 fully saturated rings. The van der Waals surface area contributed by atoms with Crippen LogP contribution < -0.4 is 0 Å². The van der Waals surface area contributed by atoms with Crippen molar-refractivity contribution >= 4 is 7.60 Å². The molecule has 20 heavy (non-hydrogen) atoms. The van der Waals surface area contributed by atoms with E-state index in [1.165, 1.54) is 36.4 Å². The van der Waals surface area contributed by atoms with E-state index in [-0.39, 0.29) is 11.1 Å². The number of rotatable bonds is 4. The second-order valence-corrected chi connectivity index (χ2v) is 6.14. The Morgan fingerprint density at radius 3 is 1.65 bits per heavy atom. The average Bonchev–Trinajstić information content (AvgIpc) is 2.37. The number of halogens is 2. The first-order valence-corrected chi connectivity index (χ1v) is 7.71. The summed E-state index contributed by atoms with van der Waals surface area (Å²) in [5, 5.41) is 0. The number of hydrogen-bond donors (Lipinski definition) is 2.